The van der Waals surface area contributed by atoms with Crippen LogP contribution in [-0.2, 0) is 6.54 Å². The fourth-order valence-electron chi connectivity index (χ4n) is 1.73. The van der Waals surface area contributed by atoms with Gasteiger partial charge in [-0.05, 0) is 30.7 Å². The molecule has 0 aromatic heterocycles. The highest BCUT2D eigenvalue weighted by molar-refractivity contribution is 6.33. The first kappa shape index (κ1) is 13.4. The lowest BCUT2D eigenvalue weighted by molar-refractivity contribution is 0.100. The molecule has 0 aliphatic rings. The van der Waals surface area contributed by atoms with E-state index >= 15 is 0 Å². The summed E-state index contributed by atoms with van der Waals surface area (Å²) in [6.45, 7) is 2.73. The zero-order chi connectivity index (χ0) is 13.8. The van der Waals surface area contributed by atoms with E-state index in [4.69, 9.17) is 17.3 Å². The molecule has 0 heterocycles. The third kappa shape index (κ3) is 3.48. The minimum absolute atomic E-state index is 0.329. The highest BCUT2D eigenvalue weighted by Gasteiger charge is 2.07. The van der Waals surface area contributed by atoms with E-state index in [2.05, 4.69) is 36.5 Å². The molecule has 2 rings (SSSR count). The number of hydrogen-bond donors (Lipinski definition) is 2. The molecule has 98 valence electrons. The number of hydrogen-bond acceptors (Lipinski definition) is 2. The van der Waals surface area contributed by atoms with Crippen molar-refractivity contribution in [3.05, 3.63) is 64.2 Å². The summed E-state index contributed by atoms with van der Waals surface area (Å²) in [5, 5.41) is 3.61. The molecule has 2 aromatic carbocycles. The Balaban J connectivity index is 2.09. The van der Waals surface area contributed by atoms with Crippen LogP contribution >= 0.6 is 11.6 Å². The van der Waals surface area contributed by atoms with Crippen molar-refractivity contribution < 1.29 is 4.79 Å². The second-order valence-corrected chi connectivity index (χ2v) is 4.81. The maximum absolute atomic E-state index is 11.2. The van der Waals surface area contributed by atoms with Gasteiger partial charge in [0.2, 0.25) is 5.91 Å². The molecule has 1 amide bonds. The maximum atomic E-state index is 11.2. The van der Waals surface area contributed by atoms with Crippen LogP contribution in [0.3, 0.4) is 0 Å². The topological polar surface area (TPSA) is 55.1 Å². The van der Waals surface area contributed by atoms with Gasteiger partial charge in [-0.15, -0.1) is 0 Å². The molecule has 0 atom stereocenters. The van der Waals surface area contributed by atoms with Gasteiger partial charge in [0.1, 0.15) is 0 Å². The van der Waals surface area contributed by atoms with Gasteiger partial charge in [0.15, 0.2) is 0 Å². The smallest absolute Gasteiger partial charge is 0.250 e. The van der Waals surface area contributed by atoms with Crippen LogP contribution in [0.15, 0.2) is 42.5 Å². The fourth-order valence-corrected chi connectivity index (χ4v) is 1.94. The van der Waals surface area contributed by atoms with E-state index in [0.717, 1.165) is 5.69 Å². The van der Waals surface area contributed by atoms with Crippen LogP contribution in [0.1, 0.15) is 21.5 Å². The zero-order valence-electron chi connectivity index (χ0n) is 10.6. The molecule has 0 spiro atoms. The monoisotopic (exact) mass is 274 g/mol. The lowest BCUT2D eigenvalue weighted by atomic mass is 10.1. The number of rotatable bonds is 4. The minimum Gasteiger partial charge on any atom is -0.381 e. The van der Waals surface area contributed by atoms with Crippen LogP contribution in [0.5, 0.6) is 0 Å². The number of carbonyl (C=O) groups excluding carboxylic acids is 1. The Labute approximate surface area is 117 Å². The van der Waals surface area contributed by atoms with Crippen LogP contribution in [0.2, 0.25) is 5.02 Å². The largest absolute Gasteiger partial charge is 0.381 e. The average molecular weight is 275 g/mol. The van der Waals surface area contributed by atoms with E-state index in [-0.39, 0.29) is 0 Å². The van der Waals surface area contributed by atoms with Crippen LogP contribution < -0.4 is 11.1 Å². The van der Waals surface area contributed by atoms with E-state index in [0.29, 0.717) is 17.1 Å². The second kappa shape index (κ2) is 5.76. The molecule has 0 radical (unpaired) electrons. The summed E-state index contributed by atoms with van der Waals surface area (Å²) in [7, 11) is 0. The number of aryl methyl sites for hydroxylation is 1. The number of primary amides is 1. The number of nitrogens with one attached hydrogen (secondary N) is 1. The third-order valence-corrected chi connectivity index (χ3v) is 3.18. The Morgan fingerprint density at radius 3 is 2.53 bits per heavy atom. The Kier molecular flexibility index (Phi) is 4.07. The predicted octanol–water partition coefficient (Wildman–Crippen LogP) is 3.36. The molecule has 3 nitrogen and oxygen atoms in total. The first-order valence-electron chi connectivity index (χ1n) is 5.95. The zero-order valence-corrected chi connectivity index (χ0v) is 11.4. The molecule has 0 aliphatic heterocycles. The van der Waals surface area contributed by atoms with Gasteiger partial charge in [-0.2, -0.15) is 0 Å². The number of carbonyl (C=O) groups is 1. The Morgan fingerprint density at radius 1 is 1.21 bits per heavy atom. The van der Waals surface area contributed by atoms with Crippen LogP contribution in [0, 0.1) is 6.92 Å². The van der Waals surface area contributed by atoms with Crippen LogP contribution in [-0.4, -0.2) is 5.91 Å². The lowest BCUT2D eigenvalue weighted by Gasteiger charge is -2.09. The molecule has 0 saturated carbocycles. The highest BCUT2D eigenvalue weighted by atomic mass is 35.5. The van der Waals surface area contributed by atoms with Crippen molar-refractivity contribution in [2.75, 3.05) is 5.32 Å². The minimum atomic E-state index is -0.524. The van der Waals surface area contributed by atoms with Crippen LogP contribution in [0.4, 0.5) is 5.69 Å². The van der Waals surface area contributed by atoms with E-state index in [1.165, 1.54) is 11.1 Å². The predicted molar refractivity (Wildman–Crippen MR) is 78.5 cm³/mol. The number of halogens is 1. The first-order valence-corrected chi connectivity index (χ1v) is 6.33. The average Bonchev–Trinajstić information content (AvgIpc) is 2.39. The Morgan fingerprint density at radius 2 is 1.89 bits per heavy atom. The normalized spacial score (nSPS) is 10.2. The van der Waals surface area contributed by atoms with Crippen molar-refractivity contribution in [1.82, 2.24) is 0 Å². The van der Waals surface area contributed by atoms with Gasteiger partial charge in [-0.25, -0.2) is 0 Å². The fraction of sp³-hybridized carbons (Fsp3) is 0.133. The molecule has 0 saturated heterocycles. The number of benzene rings is 2. The van der Waals surface area contributed by atoms with Gasteiger partial charge in [0.25, 0.3) is 0 Å². The van der Waals surface area contributed by atoms with Crippen molar-refractivity contribution >= 4 is 23.2 Å². The molecule has 0 aliphatic carbocycles. The quantitative estimate of drug-likeness (QED) is 0.898. The molecule has 0 unspecified atom stereocenters. The summed E-state index contributed by atoms with van der Waals surface area (Å²) in [4.78, 5) is 11.2. The SMILES string of the molecule is Cc1ccc(CNc2ccc(Cl)c(C(N)=O)c2)cc1. The van der Waals surface area contributed by atoms with E-state index in [9.17, 15) is 4.79 Å². The van der Waals surface area contributed by atoms with Gasteiger partial charge in [0, 0.05) is 12.2 Å². The molecule has 0 bridgehead atoms. The Bertz CT molecular complexity index is 594. The van der Waals surface area contributed by atoms with Gasteiger partial charge in [-0.3, -0.25) is 4.79 Å². The number of amides is 1. The summed E-state index contributed by atoms with van der Waals surface area (Å²) in [6.07, 6.45) is 0. The van der Waals surface area contributed by atoms with Crippen molar-refractivity contribution in [2.45, 2.75) is 13.5 Å². The Hall–Kier alpha value is -2.00. The van der Waals surface area contributed by atoms with Gasteiger partial charge in [0.05, 0.1) is 10.6 Å². The highest BCUT2D eigenvalue weighted by Crippen LogP contribution is 2.20. The second-order valence-electron chi connectivity index (χ2n) is 4.40. The maximum Gasteiger partial charge on any atom is 0.250 e. The van der Waals surface area contributed by atoms with Gasteiger partial charge < -0.3 is 11.1 Å². The lowest BCUT2D eigenvalue weighted by Crippen LogP contribution is -2.12. The molecular weight excluding hydrogens is 260 g/mol. The molecule has 0 fully saturated rings. The third-order valence-electron chi connectivity index (χ3n) is 2.85. The molecule has 4 heteroatoms. The summed E-state index contributed by atoms with van der Waals surface area (Å²) >= 11 is 5.90. The summed E-state index contributed by atoms with van der Waals surface area (Å²) in [6, 6.07) is 13.4. The number of nitrogens with two attached hydrogens (primary N) is 1. The van der Waals surface area contributed by atoms with Crippen molar-refractivity contribution in [2.24, 2.45) is 5.73 Å². The van der Waals surface area contributed by atoms with E-state index < -0.39 is 5.91 Å². The molecular formula is C15H15ClN2O. The van der Waals surface area contributed by atoms with E-state index in [1.54, 1.807) is 12.1 Å². The van der Waals surface area contributed by atoms with Gasteiger partial charge in [-0.1, -0.05) is 41.4 Å². The van der Waals surface area contributed by atoms with Crippen molar-refractivity contribution in [3.63, 3.8) is 0 Å². The number of anilines is 1. The molecule has 3 N–H and O–H groups in total. The van der Waals surface area contributed by atoms with E-state index in [1.807, 2.05) is 6.07 Å². The summed E-state index contributed by atoms with van der Waals surface area (Å²) < 4.78 is 0. The summed E-state index contributed by atoms with van der Waals surface area (Å²) in [5.74, 6) is -0.524. The molecule has 2 aromatic rings. The van der Waals surface area contributed by atoms with Crippen LogP contribution in [0.25, 0.3) is 0 Å². The van der Waals surface area contributed by atoms with Crippen molar-refractivity contribution in [3.8, 4) is 0 Å². The standard InChI is InChI=1S/C15H15ClN2O/c1-10-2-4-11(5-3-10)9-18-12-6-7-14(16)13(8-12)15(17)19/h2-8,18H,9H2,1H3,(H2,17,19). The van der Waals surface area contributed by atoms with Gasteiger partial charge >= 0.3 is 0 Å². The summed E-state index contributed by atoms with van der Waals surface area (Å²) in [5.41, 5.74) is 8.80. The van der Waals surface area contributed by atoms with Crippen molar-refractivity contribution in [1.29, 1.82) is 0 Å². The first-order chi connectivity index (χ1) is 9.06. The molecule has 19 heavy (non-hydrogen) atoms.